The summed E-state index contributed by atoms with van der Waals surface area (Å²) in [5.74, 6) is -0.0737. The van der Waals surface area contributed by atoms with Crippen LogP contribution in [0.2, 0.25) is 0 Å². The number of imidazole rings is 1. The molecule has 9 rings (SSSR count). The number of rotatable bonds is 8. The number of aromatic nitrogens is 3. The Hall–Kier alpha value is -7.04. The Bertz CT molecular complexity index is 3150. The van der Waals surface area contributed by atoms with Gasteiger partial charge in [-0.3, -0.25) is 9.55 Å². The average molecular weight is 809 g/mol. The summed E-state index contributed by atoms with van der Waals surface area (Å²) >= 11 is 0. The summed E-state index contributed by atoms with van der Waals surface area (Å²) in [6, 6.07) is 55.3. The van der Waals surface area contributed by atoms with Crippen LogP contribution < -0.4 is 0 Å². The Balaban J connectivity index is 1.36. The molecule has 0 aliphatic heterocycles. The van der Waals surface area contributed by atoms with Crippen molar-refractivity contribution in [2.75, 3.05) is 0 Å². The first-order valence-corrected chi connectivity index (χ1v) is 21.5. The topological polar surface area (TPSA) is 50.9 Å². The van der Waals surface area contributed by atoms with Gasteiger partial charge in [0, 0.05) is 24.3 Å². The SMILES string of the molecule is [2H]C(C)(C)c1cc(-c2ccccc2)c(-n2c(-c3cc(C)cc(C)c3O)nc3c(-c4cc(-c5cc(-c6ccc(C)cc6)ccn5)cc(C(C)(C)C)c4)cccc32)cc1-c1ccccc1. The molecule has 1 N–H and O–H groups in total. The van der Waals surface area contributed by atoms with Gasteiger partial charge in [0.1, 0.15) is 11.6 Å². The van der Waals surface area contributed by atoms with E-state index in [1.807, 2.05) is 63.4 Å². The van der Waals surface area contributed by atoms with Crippen molar-refractivity contribution in [3.63, 3.8) is 0 Å². The summed E-state index contributed by atoms with van der Waals surface area (Å²) in [4.78, 5) is 10.5. The van der Waals surface area contributed by atoms with Crippen LogP contribution >= 0.6 is 0 Å². The molecule has 0 radical (unpaired) electrons. The monoisotopic (exact) mass is 808 g/mol. The van der Waals surface area contributed by atoms with Crippen LogP contribution in [0.25, 0.3) is 83.9 Å². The third-order valence-electron chi connectivity index (χ3n) is 12.0. The molecule has 0 spiro atoms. The van der Waals surface area contributed by atoms with Crippen molar-refractivity contribution in [2.24, 2.45) is 0 Å². The fraction of sp³-hybridized carbons (Fsp3) is 0.172. The van der Waals surface area contributed by atoms with E-state index in [-0.39, 0.29) is 11.2 Å². The smallest absolute Gasteiger partial charge is 0.149 e. The van der Waals surface area contributed by atoms with Crippen LogP contribution in [-0.2, 0) is 5.41 Å². The molecule has 0 atom stereocenters. The molecular formula is C58H53N3O. The minimum absolute atomic E-state index is 0.158. The van der Waals surface area contributed by atoms with Gasteiger partial charge >= 0.3 is 0 Å². The van der Waals surface area contributed by atoms with Crippen molar-refractivity contribution in [1.29, 1.82) is 0 Å². The highest BCUT2D eigenvalue weighted by Crippen LogP contribution is 2.45. The number of para-hydroxylation sites is 1. The summed E-state index contributed by atoms with van der Waals surface area (Å²) in [7, 11) is 0. The van der Waals surface area contributed by atoms with Crippen LogP contribution in [0.15, 0.2) is 164 Å². The highest BCUT2D eigenvalue weighted by Gasteiger charge is 2.26. The number of aromatic hydroxyl groups is 1. The second-order valence-electron chi connectivity index (χ2n) is 17.9. The van der Waals surface area contributed by atoms with Crippen LogP contribution in [0, 0.1) is 20.8 Å². The quantitative estimate of drug-likeness (QED) is 0.166. The molecule has 7 aromatic carbocycles. The number of hydrogen-bond acceptors (Lipinski definition) is 3. The zero-order valence-electron chi connectivity index (χ0n) is 37.9. The van der Waals surface area contributed by atoms with Gasteiger partial charge in [0.15, 0.2) is 0 Å². The zero-order valence-corrected chi connectivity index (χ0v) is 36.9. The number of fused-ring (bicyclic) bond motifs is 1. The van der Waals surface area contributed by atoms with Crippen molar-refractivity contribution in [2.45, 2.75) is 66.7 Å². The van der Waals surface area contributed by atoms with Crippen LogP contribution in [0.5, 0.6) is 5.75 Å². The van der Waals surface area contributed by atoms with E-state index < -0.39 is 5.89 Å². The molecule has 4 nitrogen and oxygen atoms in total. The van der Waals surface area contributed by atoms with E-state index in [0.29, 0.717) is 11.4 Å². The molecular weight excluding hydrogens is 755 g/mol. The van der Waals surface area contributed by atoms with Gasteiger partial charge in [-0.05, 0) is 136 Å². The first-order valence-electron chi connectivity index (χ1n) is 22.0. The van der Waals surface area contributed by atoms with Crippen LogP contribution in [0.4, 0.5) is 0 Å². The molecule has 0 fully saturated rings. The van der Waals surface area contributed by atoms with Crippen molar-refractivity contribution < 1.29 is 6.48 Å². The predicted octanol–water partition coefficient (Wildman–Crippen LogP) is 15.5. The van der Waals surface area contributed by atoms with Crippen molar-refractivity contribution >= 4 is 11.0 Å². The minimum Gasteiger partial charge on any atom is -0.507 e. The number of nitrogens with zero attached hydrogens (tertiary/aromatic N) is 3. The lowest BCUT2D eigenvalue weighted by molar-refractivity contribution is 0.472. The highest BCUT2D eigenvalue weighted by molar-refractivity contribution is 5.98. The maximum atomic E-state index is 11.9. The Morgan fingerprint density at radius 1 is 0.565 bits per heavy atom. The van der Waals surface area contributed by atoms with Crippen LogP contribution in [-0.4, -0.2) is 19.6 Å². The van der Waals surface area contributed by atoms with Crippen LogP contribution in [0.1, 0.15) is 69.7 Å². The van der Waals surface area contributed by atoms with Crippen LogP contribution in [0.3, 0.4) is 0 Å². The van der Waals surface area contributed by atoms with E-state index in [4.69, 9.17) is 9.97 Å². The molecule has 0 unspecified atom stereocenters. The van der Waals surface area contributed by atoms with Gasteiger partial charge in [-0.2, -0.15) is 0 Å². The first-order chi connectivity index (χ1) is 30.1. The average Bonchev–Trinajstić information content (AvgIpc) is 3.67. The molecule has 2 heterocycles. The molecule has 0 aliphatic rings. The van der Waals surface area contributed by atoms with E-state index in [2.05, 4.69) is 161 Å². The third kappa shape index (κ3) is 7.62. The Morgan fingerprint density at radius 2 is 1.24 bits per heavy atom. The lowest BCUT2D eigenvalue weighted by Crippen LogP contribution is -2.11. The van der Waals surface area contributed by atoms with Crippen molar-refractivity contribution in [1.82, 2.24) is 14.5 Å². The molecule has 9 aromatic rings. The number of phenols is 1. The molecule has 0 saturated carbocycles. The first kappa shape index (κ1) is 39.1. The molecule has 306 valence electrons. The fourth-order valence-corrected chi connectivity index (χ4v) is 8.66. The van der Waals surface area contributed by atoms with Gasteiger partial charge < -0.3 is 5.11 Å². The predicted molar refractivity (Wildman–Crippen MR) is 260 cm³/mol. The van der Waals surface area contributed by atoms with E-state index in [1.54, 1.807) is 0 Å². The molecule has 4 heteroatoms. The molecule has 2 aromatic heterocycles. The summed E-state index contributed by atoms with van der Waals surface area (Å²) in [5.41, 5.74) is 18.5. The summed E-state index contributed by atoms with van der Waals surface area (Å²) in [6.07, 6.45) is 1.90. The van der Waals surface area contributed by atoms with E-state index >= 15 is 0 Å². The van der Waals surface area contributed by atoms with Gasteiger partial charge in [0.25, 0.3) is 0 Å². The standard InChI is InChI=1S/C58H53N3O/c1-36(2)48-34-50(42-18-13-10-14-19-42)54(35-49(48)41-16-11-9-12-17-41)61-53-21-15-20-47(55(53)60-57(61)51-29-38(4)28-39(5)56(51)62)44-30-45(32-46(31-44)58(6,7)8)52-33-43(26-27-59-52)40-24-22-37(3)23-25-40/h9-36,62H,1-8H3/i36D. The normalized spacial score (nSPS) is 12.2. The number of phenolic OH excluding ortho intramolecular Hbond substituents is 1. The molecule has 62 heavy (non-hydrogen) atoms. The maximum absolute atomic E-state index is 11.9. The second kappa shape index (κ2) is 16.1. The lowest BCUT2D eigenvalue weighted by Gasteiger charge is -2.22. The number of hydrogen-bond donors (Lipinski definition) is 1. The maximum Gasteiger partial charge on any atom is 0.149 e. The van der Waals surface area contributed by atoms with Gasteiger partial charge in [-0.1, -0.05) is 149 Å². The lowest BCUT2D eigenvalue weighted by atomic mass is 9.83. The van der Waals surface area contributed by atoms with Crippen molar-refractivity contribution in [3.8, 4) is 78.6 Å². The highest BCUT2D eigenvalue weighted by atomic mass is 16.3. The third-order valence-corrected chi connectivity index (χ3v) is 12.0. The summed E-state index contributed by atoms with van der Waals surface area (Å²) in [5, 5.41) is 11.9. The number of benzene rings is 7. The summed E-state index contributed by atoms with van der Waals surface area (Å²) in [6.45, 7) is 16.8. The van der Waals surface area contributed by atoms with E-state index in [9.17, 15) is 6.48 Å². The Kier molecular flexibility index (Phi) is 10.2. The number of pyridine rings is 1. The van der Waals surface area contributed by atoms with Gasteiger partial charge in [-0.15, -0.1) is 0 Å². The molecule has 0 bridgehead atoms. The van der Waals surface area contributed by atoms with Gasteiger partial charge in [0.05, 0.1) is 28.0 Å². The fourth-order valence-electron chi connectivity index (χ4n) is 8.66. The van der Waals surface area contributed by atoms with Gasteiger partial charge in [-0.25, -0.2) is 4.98 Å². The van der Waals surface area contributed by atoms with E-state index in [1.165, 1.54) is 11.1 Å². The van der Waals surface area contributed by atoms with Gasteiger partial charge in [0.2, 0.25) is 0 Å². The molecule has 0 aliphatic carbocycles. The zero-order chi connectivity index (χ0) is 44.2. The number of aryl methyl sites for hydroxylation is 3. The molecule has 0 saturated heterocycles. The molecule has 0 amide bonds. The largest absolute Gasteiger partial charge is 0.507 e. The summed E-state index contributed by atoms with van der Waals surface area (Å²) < 4.78 is 11.6. The Labute approximate surface area is 367 Å². The Morgan fingerprint density at radius 3 is 1.92 bits per heavy atom. The minimum atomic E-state index is -0.906. The second-order valence-corrected chi connectivity index (χ2v) is 17.9. The van der Waals surface area contributed by atoms with E-state index in [0.717, 1.165) is 89.2 Å². The van der Waals surface area contributed by atoms with Crippen molar-refractivity contribution in [3.05, 3.63) is 192 Å².